The molecule has 1 saturated heterocycles. The molecule has 1 aliphatic rings. The molecule has 0 aliphatic carbocycles. The molecule has 1 aliphatic heterocycles. The molecule has 0 aromatic rings. The number of halogens is 1. The zero-order valence-corrected chi connectivity index (χ0v) is 18.4. The molecule has 1 N–H and O–H groups in total. The predicted octanol–water partition coefficient (Wildman–Crippen LogP) is 1.68. The Kier molecular flexibility index (Phi) is 12.7. The Labute approximate surface area is 162 Å². The summed E-state index contributed by atoms with van der Waals surface area (Å²) in [6.45, 7) is 7.46. The summed E-state index contributed by atoms with van der Waals surface area (Å²) in [6.07, 6.45) is 2.23. The third-order valence-electron chi connectivity index (χ3n) is 3.52. The lowest BCUT2D eigenvalue weighted by atomic mass is 10.3. The van der Waals surface area contributed by atoms with Crippen LogP contribution in [0.25, 0.3) is 0 Å². The van der Waals surface area contributed by atoms with Crippen molar-refractivity contribution in [3.63, 3.8) is 0 Å². The first-order chi connectivity index (χ1) is 10.5. The third-order valence-corrected chi connectivity index (χ3v) is 6.31. The smallest absolute Gasteiger partial charge is 0.215 e. The first-order valence-electron chi connectivity index (χ1n) is 8.06. The lowest BCUT2D eigenvalue weighted by Gasteiger charge is -2.25. The fraction of sp³-hybridized carbons (Fsp3) is 0.929. The van der Waals surface area contributed by atoms with Crippen LogP contribution in [0.15, 0.2) is 4.99 Å². The van der Waals surface area contributed by atoms with E-state index in [9.17, 15) is 8.42 Å². The molecular weight excluding hydrogens is 447 g/mol. The fourth-order valence-corrected chi connectivity index (χ4v) is 4.65. The average molecular weight is 478 g/mol. The van der Waals surface area contributed by atoms with E-state index in [-0.39, 0.29) is 29.7 Å². The standard InChI is InChI=1S/C14H30N4O2S2.HI/c1-4-6-8-17(3)14(15-5-2)16-7-13-22(19,20)18-9-11-21-12-10-18;/h4-13H2,1-3H3,(H,15,16);1H. The second kappa shape index (κ2) is 12.6. The van der Waals surface area contributed by atoms with E-state index in [4.69, 9.17) is 0 Å². The van der Waals surface area contributed by atoms with E-state index in [1.807, 2.05) is 25.7 Å². The molecule has 0 saturated carbocycles. The van der Waals surface area contributed by atoms with Crippen molar-refractivity contribution in [2.45, 2.75) is 26.7 Å². The molecule has 0 bridgehead atoms. The summed E-state index contributed by atoms with van der Waals surface area (Å²) in [6, 6.07) is 0. The van der Waals surface area contributed by atoms with Gasteiger partial charge in [-0.25, -0.2) is 12.7 Å². The molecule has 0 amide bonds. The maximum atomic E-state index is 12.3. The number of guanidine groups is 1. The van der Waals surface area contributed by atoms with Crippen LogP contribution in [0.5, 0.6) is 0 Å². The average Bonchev–Trinajstić information content (AvgIpc) is 2.52. The Balaban J connectivity index is 0.00000484. The van der Waals surface area contributed by atoms with E-state index < -0.39 is 10.0 Å². The van der Waals surface area contributed by atoms with Crippen LogP contribution < -0.4 is 5.32 Å². The monoisotopic (exact) mass is 478 g/mol. The first kappa shape index (κ1) is 23.3. The van der Waals surface area contributed by atoms with E-state index >= 15 is 0 Å². The molecule has 0 spiro atoms. The Hall–Kier alpha value is 0.260. The third kappa shape index (κ3) is 8.78. The van der Waals surface area contributed by atoms with Crippen LogP contribution in [-0.2, 0) is 10.0 Å². The molecule has 1 rings (SSSR count). The van der Waals surface area contributed by atoms with Gasteiger partial charge in [0.2, 0.25) is 10.0 Å². The minimum atomic E-state index is -3.17. The molecule has 0 aromatic carbocycles. The highest BCUT2D eigenvalue weighted by Gasteiger charge is 2.23. The highest BCUT2D eigenvalue weighted by atomic mass is 127. The van der Waals surface area contributed by atoms with Gasteiger partial charge in [-0.15, -0.1) is 24.0 Å². The number of nitrogens with zero attached hydrogens (tertiary/aromatic N) is 3. The van der Waals surface area contributed by atoms with E-state index in [1.54, 1.807) is 4.31 Å². The lowest BCUT2D eigenvalue weighted by molar-refractivity contribution is 0.443. The van der Waals surface area contributed by atoms with Crippen molar-refractivity contribution in [3.05, 3.63) is 0 Å². The van der Waals surface area contributed by atoms with Crippen LogP contribution in [0.1, 0.15) is 26.7 Å². The van der Waals surface area contributed by atoms with Gasteiger partial charge in [-0.2, -0.15) is 11.8 Å². The minimum Gasteiger partial charge on any atom is -0.357 e. The maximum absolute atomic E-state index is 12.3. The topological polar surface area (TPSA) is 65.0 Å². The first-order valence-corrected chi connectivity index (χ1v) is 10.8. The van der Waals surface area contributed by atoms with E-state index in [0.717, 1.165) is 43.4 Å². The van der Waals surface area contributed by atoms with Gasteiger partial charge < -0.3 is 10.2 Å². The number of hydrogen-bond acceptors (Lipinski definition) is 4. The molecule has 1 fully saturated rings. The summed E-state index contributed by atoms with van der Waals surface area (Å²) in [4.78, 5) is 6.53. The summed E-state index contributed by atoms with van der Waals surface area (Å²) in [7, 11) is -1.18. The van der Waals surface area contributed by atoms with Gasteiger partial charge in [0.15, 0.2) is 5.96 Å². The Morgan fingerprint density at radius 2 is 1.96 bits per heavy atom. The quantitative estimate of drug-likeness (QED) is 0.327. The highest BCUT2D eigenvalue weighted by molar-refractivity contribution is 14.0. The number of rotatable bonds is 8. The Morgan fingerprint density at radius 1 is 1.30 bits per heavy atom. The summed E-state index contributed by atoms with van der Waals surface area (Å²) in [5, 5.41) is 3.22. The van der Waals surface area contributed by atoms with Crippen LogP contribution in [0, 0.1) is 0 Å². The second-order valence-corrected chi connectivity index (χ2v) is 8.65. The minimum absolute atomic E-state index is 0. The number of unbranched alkanes of at least 4 members (excludes halogenated alkanes) is 1. The molecule has 1 heterocycles. The van der Waals surface area contributed by atoms with Crippen molar-refractivity contribution >= 4 is 51.7 Å². The van der Waals surface area contributed by atoms with Crippen LogP contribution in [0.3, 0.4) is 0 Å². The number of aliphatic imine (C=N–C) groups is 1. The van der Waals surface area contributed by atoms with Crippen LogP contribution >= 0.6 is 35.7 Å². The van der Waals surface area contributed by atoms with Crippen LogP contribution in [-0.4, -0.2) is 80.6 Å². The molecular formula is C14H31IN4O2S2. The second-order valence-electron chi connectivity index (χ2n) is 5.34. The predicted molar refractivity (Wildman–Crippen MR) is 112 cm³/mol. The highest BCUT2D eigenvalue weighted by Crippen LogP contribution is 2.13. The lowest BCUT2D eigenvalue weighted by Crippen LogP contribution is -2.41. The zero-order chi connectivity index (χ0) is 16.4. The van der Waals surface area contributed by atoms with Gasteiger partial charge >= 0.3 is 0 Å². The molecule has 23 heavy (non-hydrogen) atoms. The molecule has 0 atom stereocenters. The van der Waals surface area contributed by atoms with Gasteiger partial charge in [0.1, 0.15) is 0 Å². The zero-order valence-electron chi connectivity index (χ0n) is 14.5. The number of hydrogen-bond donors (Lipinski definition) is 1. The SMILES string of the molecule is CCCCN(C)C(=NCCS(=O)(=O)N1CCSCC1)NCC.I. The van der Waals surface area contributed by atoms with E-state index in [0.29, 0.717) is 19.6 Å². The largest absolute Gasteiger partial charge is 0.357 e. The molecule has 6 nitrogen and oxygen atoms in total. The Bertz CT molecular complexity index is 440. The summed E-state index contributed by atoms with van der Waals surface area (Å²) >= 11 is 1.81. The normalized spacial score (nSPS) is 16.7. The Morgan fingerprint density at radius 3 is 2.52 bits per heavy atom. The van der Waals surface area contributed by atoms with Gasteiger partial charge in [0.25, 0.3) is 0 Å². The van der Waals surface area contributed by atoms with Crippen molar-refractivity contribution in [2.75, 3.05) is 57.0 Å². The van der Waals surface area contributed by atoms with Crippen LogP contribution in [0.4, 0.5) is 0 Å². The van der Waals surface area contributed by atoms with Gasteiger partial charge in [0, 0.05) is 44.7 Å². The summed E-state index contributed by atoms with van der Waals surface area (Å²) in [5.41, 5.74) is 0. The van der Waals surface area contributed by atoms with Gasteiger partial charge in [-0.1, -0.05) is 13.3 Å². The van der Waals surface area contributed by atoms with Crippen molar-refractivity contribution in [1.82, 2.24) is 14.5 Å². The molecule has 0 unspecified atom stereocenters. The maximum Gasteiger partial charge on any atom is 0.215 e. The number of nitrogens with one attached hydrogen (secondary N) is 1. The summed E-state index contributed by atoms with van der Waals surface area (Å²) < 4.78 is 26.2. The molecule has 0 aromatic heterocycles. The van der Waals surface area contributed by atoms with E-state index in [2.05, 4.69) is 22.1 Å². The van der Waals surface area contributed by atoms with Gasteiger partial charge in [-0.3, -0.25) is 4.99 Å². The summed E-state index contributed by atoms with van der Waals surface area (Å²) in [5.74, 6) is 2.67. The van der Waals surface area contributed by atoms with Crippen molar-refractivity contribution in [2.24, 2.45) is 4.99 Å². The van der Waals surface area contributed by atoms with Crippen LogP contribution in [0.2, 0.25) is 0 Å². The van der Waals surface area contributed by atoms with Crippen molar-refractivity contribution in [3.8, 4) is 0 Å². The van der Waals surface area contributed by atoms with Crippen molar-refractivity contribution in [1.29, 1.82) is 0 Å². The number of thioether (sulfide) groups is 1. The van der Waals surface area contributed by atoms with Crippen molar-refractivity contribution < 1.29 is 8.42 Å². The van der Waals surface area contributed by atoms with Gasteiger partial charge in [0.05, 0.1) is 12.3 Å². The van der Waals surface area contributed by atoms with Gasteiger partial charge in [-0.05, 0) is 13.3 Å². The molecule has 0 radical (unpaired) electrons. The van der Waals surface area contributed by atoms with E-state index in [1.165, 1.54) is 0 Å². The fourth-order valence-electron chi connectivity index (χ4n) is 2.19. The number of sulfonamides is 1. The molecule has 9 heteroatoms. The molecule has 138 valence electrons.